The van der Waals surface area contributed by atoms with Gasteiger partial charge in [0.1, 0.15) is 0 Å². The van der Waals surface area contributed by atoms with Crippen molar-refractivity contribution >= 4 is 11.9 Å². The second-order valence-corrected chi connectivity index (χ2v) is 1.70. The van der Waals surface area contributed by atoms with E-state index in [9.17, 15) is 9.59 Å². The van der Waals surface area contributed by atoms with Crippen molar-refractivity contribution in [1.82, 2.24) is 0 Å². The van der Waals surface area contributed by atoms with Crippen molar-refractivity contribution in [3.05, 3.63) is 12.2 Å². The van der Waals surface area contributed by atoms with Gasteiger partial charge in [0.2, 0.25) is 0 Å². The molecule has 1 aliphatic rings. The first-order valence-corrected chi connectivity index (χ1v) is 2.56. The zero-order valence-corrected chi connectivity index (χ0v) is 5.39. The van der Waals surface area contributed by atoms with Crippen LogP contribution in [0.3, 0.4) is 0 Å². The van der Waals surface area contributed by atoms with E-state index in [1.165, 1.54) is 6.08 Å². The second-order valence-electron chi connectivity index (χ2n) is 1.70. The number of hydrogen-bond acceptors (Lipinski definition) is 3. The van der Waals surface area contributed by atoms with Crippen molar-refractivity contribution in [2.45, 2.75) is 6.04 Å². The predicted molar refractivity (Wildman–Crippen MR) is 34.0 cm³/mol. The van der Waals surface area contributed by atoms with Gasteiger partial charge in [0.15, 0.2) is 6.04 Å². The summed E-state index contributed by atoms with van der Waals surface area (Å²) in [6.07, 6.45) is 2.28. The number of hydrogen-bond donors (Lipinski definition) is 1. The molecule has 6 nitrogen and oxygen atoms in total. The lowest BCUT2D eigenvalue weighted by molar-refractivity contribution is -0.137. The molecule has 1 aliphatic heterocycles. The highest BCUT2D eigenvalue weighted by Crippen LogP contribution is 2.01. The zero-order valence-electron chi connectivity index (χ0n) is 5.39. The number of carbonyl (C=O) groups is 2. The molecule has 6 heteroatoms. The average Bonchev–Trinajstić information content (AvgIpc) is 1.88. The first kappa shape index (κ1) is 9.44. The summed E-state index contributed by atoms with van der Waals surface area (Å²) < 4.78 is 0. The van der Waals surface area contributed by atoms with Gasteiger partial charge in [-0.1, -0.05) is 0 Å². The van der Waals surface area contributed by atoms with Crippen LogP contribution < -0.4 is 0 Å². The molecule has 1 atom stereocenters. The normalized spacial score (nSPS) is 21.1. The van der Waals surface area contributed by atoms with Crippen LogP contribution in [0.25, 0.3) is 0 Å². The molecule has 3 N–H and O–H groups in total. The topological polar surface area (TPSA) is 111 Å². The first-order chi connectivity index (χ1) is 4.70. The molecule has 0 fully saturated rings. The van der Waals surface area contributed by atoms with Gasteiger partial charge in [-0.3, -0.25) is 4.79 Å². The molecule has 0 bridgehead atoms. The number of aliphatic carboxylic acids is 1. The molecule has 0 saturated heterocycles. The van der Waals surface area contributed by atoms with Gasteiger partial charge in [-0.15, -0.1) is 5.11 Å². The summed E-state index contributed by atoms with van der Waals surface area (Å²) in [5.74, 6) is -1.62. The van der Waals surface area contributed by atoms with Gasteiger partial charge in [0, 0.05) is 6.08 Å². The highest BCUT2D eigenvalue weighted by atomic mass is 16.4. The van der Waals surface area contributed by atoms with Crippen molar-refractivity contribution in [1.29, 1.82) is 0 Å². The standard InChI is InChI=1S/C5H4N2O3.H2O/c8-4-2-1-3(5(9)10)6-7-4;/h1-3H,(H,9,10);1H2. The highest BCUT2D eigenvalue weighted by Gasteiger charge is 2.15. The van der Waals surface area contributed by atoms with E-state index in [-0.39, 0.29) is 5.48 Å². The van der Waals surface area contributed by atoms with Crippen LogP contribution >= 0.6 is 0 Å². The molecule has 1 amide bonds. The molecule has 0 aliphatic carbocycles. The minimum atomic E-state index is -1.10. The van der Waals surface area contributed by atoms with E-state index < -0.39 is 17.9 Å². The molecule has 11 heavy (non-hydrogen) atoms. The Morgan fingerprint density at radius 1 is 1.64 bits per heavy atom. The van der Waals surface area contributed by atoms with Gasteiger partial charge >= 0.3 is 5.97 Å². The summed E-state index contributed by atoms with van der Waals surface area (Å²) in [4.78, 5) is 20.4. The van der Waals surface area contributed by atoms with E-state index in [4.69, 9.17) is 5.11 Å². The van der Waals surface area contributed by atoms with Gasteiger partial charge in [-0.25, -0.2) is 4.79 Å². The summed E-state index contributed by atoms with van der Waals surface area (Å²) >= 11 is 0. The van der Waals surface area contributed by atoms with Crippen LogP contribution in [-0.4, -0.2) is 28.5 Å². The Bertz CT molecular complexity index is 217. The van der Waals surface area contributed by atoms with Gasteiger partial charge in [0.05, 0.1) is 0 Å². The van der Waals surface area contributed by atoms with Crippen LogP contribution in [0.2, 0.25) is 0 Å². The second kappa shape index (κ2) is 3.57. The Kier molecular flexibility index (Phi) is 3.06. The number of azo groups is 1. The van der Waals surface area contributed by atoms with E-state index in [1.807, 2.05) is 0 Å². The quantitative estimate of drug-likeness (QED) is 0.537. The lowest BCUT2D eigenvalue weighted by Gasteiger charge is -2.00. The predicted octanol–water partition coefficient (Wildman–Crippen LogP) is -0.837. The van der Waals surface area contributed by atoms with E-state index in [0.29, 0.717) is 0 Å². The molecule has 0 radical (unpaired) electrons. The lowest BCUT2D eigenvalue weighted by atomic mass is 10.2. The molecular weight excluding hydrogens is 152 g/mol. The number of amides is 1. The summed E-state index contributed by atoms with van der Waals surface area (Å²) in [5, 5.41) is 14.6. The molecular formula is C5H6N2O4. The Hall–Kier alpha value is -1.56. The smallest absolute Gasteiger partial charge is 0.334 e. The molecule has 0 aromatic carbocycles. The first-order valence-electron chi connectivity index (χ1n) is 2.56. The van der Waals surface area contributed by atoms with E-state index in [0.717, 1.165) is 6.08 Å². The molecule has 0 saturated carbocycles. The fourth-order valence-electron chi connectivity index (χ4n) is 0.496. The number of nitrogens with zero attached hydrogens (tertiary/aromatic N) is 2. The van der Waals surface area contributed by atoms with Crippen molar-refractivity contribution in [2.75, 3.05) is 0 Å². The van der Waals surface area contributed by atoms with E-state index in [2.05, 4.69) is 10.2 Å². The van der Waals surface area contributed by atoms with Crippen molar-refractivity contribution in [3.8, 4) is 0 Å². The monoisotopic (exact) mass is 158 g/mol. The Labute approximate surface area is 61.5 Å². The lowest BCUT2D eigenvalue weighted by Crippen LogP contribution is -2.17. The average molecular weight is 158 g/mol. The fraction of sp³-hybridized carbons (Fsp3) is 0.200. The van der Waals surface area contributed by atoms with Gasteiger partial charge < -0.3 is 10.6 Å². The Morgan fingerprint density at radius 2 is 2.27 bits per heavy atom. The number of carboxylic acid groups (broad SMARTS) is 1. The maximum Gasteiger partial charge on any atom is 0.334 e. The molecule has 60 valence electrons. The summed E-state index contributed by atoms with van der Waals surface area (Å²) in [5.41, 5.74) is 0. The third-order valence-corrected chi connectivity index (χ3v) is 0.955. The fourth-order valence-corrected chi connectivity index (χ4v) is 0.496. The van der Waals surface area contributed by atoms with Gasteiger partial charge in [-0.2, -0.15) is 5.11 Å². The minimum Gasteiger partial charge on any atom is -0.479 e. The van der Waals surface area contributed by atoms with Crippen molar-refractivity contribution < 1.29 is 20.2 Å². The Morgan fingerprint density at radius 3 is 2.64 bits per heavy atom. The molecule has 0 aromatic heterocycles. The number of rotatable bonds is 1. The van der Waals surface area contributed by atoms with E-state index in [1.54, 1.807) is 0 Å². The number of carbonyl (C=O) groups excluding carboxylic acids is 1. The molecule has 1 rings (SSSR count). The van der Waals surface area contributed by atoms with Crippen molar-refractivity contribution in [3.63, 3.8) is 0 Å². The van der Waals surface area contributed by atoms with Crippen LogP contribution in [0.5, 0.6) is 0 Å². The van der Waals surface area contributed by atoms with Crippen LogP contribution in [0.1, 0.15) is 0 Å². The molecule has 1 unspecified atom stereocenters. The van der Waals surface area contributed by atoms with Crippen LogP contribution in [0, 0.1) is 0 Å². The van der Waals surface area contributed by atoms with Crippen LogP contribution in [-0.2, 0) is 9.59 Å². The van der Waals surface area contributed by atoms with Crippen LogP contribution in [0.4, 0.5) is 0 Å². The molecule has 1 heterocycles. The van der Waals surface area contributed by atoms with Gasteiger partial charge in [-0.05, 0) is 6.08 Å². The highest BCUT2D eigenvalue weighted by molar-refractivity contribution is 5.90. The largest absolute Gasteiger partial charge is 0.479 e. The third kappa shape index (κ3) is 2.26. The molecule has 0 aromatic rings. The van der Waals surface area contributed by atoms with Crippen molar-refractivity contribution in [2.24, 2.45) is 10.2 Å². The van der Waals surface area contributed by atoms with Crippen LogP contribution in [0.15, 0.2) is 22.4 Å². The molecule has 0 spiro atoms. The zero-order chi connectivity index (χ0) is 7.56. The summed E-state index contributed by atoms with van der Waals surface area (Å²) in [6.45, 7) is 0. The number of carboxylic acids is 1. The minimum absolute atomic E-state index is 0. The summed E-state index contributed by atoms with van der Waals surface area (Å²) in [6, 6.07) is -0.988. The maximum atomic E-state index is 10.3. The summed E-state index contributed by atoms with van der Waals surface area (Å²) in [7, 11) is 0. The Balaban J connectivity index is 0.000001000. The SMILES string of the molecule is O.O=C1C=CC(C(=O)O)N=N1. The van der Waals surface area contributed by atoms with Gasteiger partial charge in [0.25, 0.3) is 5.91 Å². The van der Waals surface area contributed by atoms with E-state index >= 15 is 0 Å². The third-order valence-electron chi connectivity index (χ3n) is 0.955. The maximum absolute atomic E-state index is 10.3.